The second kappa shape index (κ2) is 1.72. The van der Waals surface area contributed by atoms with Crippen LogP contribution in [0.4, 0.5) is 0 Å². The summed E-state index contributed by atoms with van der Waals surface area (Å²) >= 11 is 0. The lowest BCUT2D eigenvalue weighted by Gasteiger charge is -2.24. The largest absolute Gasteiger partial charge is 0.369 e. The van der Waals surface area contributed by atoms with E-state index in [2.05, 4.69) is 6.92 Å². The Morgan fingerprint density at radius 1 is 1.44 bits per heavy atom. The molecule has 1 saturated heterocycles. The smallest absolute Gasteiger partial charge is 0.0941 e. The molecule has 0 aromatic rings. The molecule has 0 aromatic carbocycles. The summed E-state index contributed by atoms with van der Waals surface area (Å²) < 4.78 is 5.45. The van der Waals surface area contributed by atoms with Crippen LogP contribution in [0.1, 0.15) is 32.6 Å². The van der Waals surface area contributed by atoms with Crippen LogP contribution in [0.25, 0.3) is 0 Å². The van der Waals surface area contributed by atoms with Gasteiger partial charge in [-0.05, 0) is 18.8 Å². The van der Waals surface area contributed by atoms with Crippen molar-refractivity contribution >= 4 is 0 Å². The van der Waals surface area contributed by atoms with E-state index in [4.69, 9.17) is 4.74 Å². The average Bonchev–Trinajstić information content (AvgIpc) is 2.60. The first-order chi connectivity index (χ1) is 4.33. The number of hydrogen-bond acceptors (Lipinski definition) is 1. The van der Waals surface area contributed by atoms with Gasteiger partial charge in [0.1, 0.15) is 0 Å². The van der Waals surface area contributed by atoms with Gasteiger partial charge in [0.2, 0.25) is 0 Å². The van der Waals surface area contributed by atoms with Crippen molar-refractivity contribution in [1.29, 1.82) is 0 Å². The molecule has 0 aromatic heterocycles. The van der Waals surface area contributed by atoms with Crippen LogP contribution in [0.2, 0.25) is 0 Å². The molecule has 1 heteroatoms. The molecule has 0 bridgehead atoms. The number of rotatable bonds is 0. The van der Waals surface area contributed by atoms with Crippen molar-refractivity contribution in [2.24, 2.45) is 5.92 Å². The lowest BCUT2D eigenvalue weighted by atomic mass is 9.81. The molecule has 1 spiro atoms. The Morgan fingerprint density at radius 3 is 2.67 bits per heavy atom. The van der Waals surface area contributed by atoms with Gasteiger partial charge in [0, 0.05) is 0 Å². The third kappa shape index (κ3) is 0.787. The molecule has 2 atom stereocenters. The van der Waals surface area contributed by atoms with Gasteiger partial charge in [-0.25, -0.2) is 0 Å². The minimum Gasteiger partial charge on any atom is -0.369 e. The molecule has 0 N–H and O–H groups in total. The van der Waals surface area contributed by atoms with Gasteiger partial charge in [-0.15, -0.1) is 0 Å². The highest BCUT2D eigenvalue weighted by Gasteiger charge is 2.49. The predicted molar refractivity (Wildman–Crippen MR) is 36.3 cm³/mol. The van der Waals surface area contributed by atoms with E-state index in [1.54, 1.807) is 0 Å². The Hall–Kier alpha value is -0.0400. The summed E-state index contributed by atoms with van der Waals surface area (Å²) in [5, 5.41) is 0. The van der Waals surface area contributed by atoms with Crippen LogP contribution in [-0.4, -0.2) is 12.2 Å². The Labute approximate surface area is 56.4 Å². The second-order valence-corrected chi connectivity index (χ2v) is 3.50. The summed E-state index contributed by atoms with van der Waals surface area (Å²) in [7, 11) is 0. The molecule has 1 nitrogen and oxygen atoms in total. The topological polar surface area (TPSA) is 12.5 Å². The van der Waals surface area contributed by atoms with Crippen LogP contribution < -0.4 is 0 Å². The number of hydrogen-bond donors (Lipinski definition) is 0. The number of ether oxygens (including phenoxy) is 1. The third-order valence-electron chi connectivity index (χ3n) is 2.90. The van der Waals surface area contributed by atoms with Crippen LogP contribution in [0.15, 0.2) is 0 Å². The van der Waals surface area contributed by atoms with Crippen molar-refractivity contribution in [2.75, 3.05) is 6.61 Å². The standard InChI is InChI=1S/C8H14O/c1-7-4-2-3-5-8(7)6-9-8/h7H,2-6H2,1H3/t7-,8-/m1/s1. The van der Waals surface area contributed by atoms with E-state index in [9.17, 15) is 0 Å². The zero-order valence-electron chi connectivity index (χ0n) is 6.02. The maximum atomic E-state index is 5.45. The number of epoxide rings is 1. The Bertz CT molecular complexity index is 116. The van der Waals surface area contributed by atoms with Crippen molar-refractivity contribution in [2.45, 2.75) is 38.2 Å². The Balaban J connectivity index is 2.03. The van der Waals surface area contributed by atoms with E-state index < -0.39 is 0 Å². The summed E-state index contributed by atoms with van der Waals surface area (Å²) in [6.45, 7) is 3.38. The molecule has 0 unspecified atom stereocenters. The molecule has 0 amide bonds. The lowest BCUT2D eigenvalue weighted by molar-refractivity contribution is 0.171. The Kier molecular flexibility index (Phi) is 1.10. The van der Waals surface area contributed by atoms with E-state index in [1.807, 2.05) is 0 Å². The van der Waals surface area contributed by atoms with Gasteiger partial charge in [-0.3, -0.25) is 0 Å². The van der Waals surface area contributed by atoms with Gasteiger partial charge in [0.05, 0.1) is 12.2 Å². The molecule has 1 aliphatic heterocycles. The summed E-state index contributed by atoms with van der Waals surface area (Å²) in [4.78, 5) is 0. The van der Waals surface area contributed by atoms with Crippen LogP contribution in [0.3, 0.4) is 0 Å². The lowest BCUT2D eigenvalue weighted by Crippen LogP contribution is -2.25. The first-order valence-corrected chi connectivity index (χ1v) is 3.97. The summed E-state index contributed by atoms with van der Waals surface area (Å²) in [6, 6.07) is 0. The zero-order valence-corrected chi connectivity index (χ0v) is 6.02. The fraction of sp³-hybridized carbons (Fsp3) is 1.00. The molecule has 1 saturated carbocycles. The minimum absolute atomic E-state index is 0.387. The molecular weight excluding hydrogens is 112 g/mol. The van der Waals surface area contributed by atoms with Gasteiger partial charge in [0.25, 0.3) is 0 Å². The monoisotopic (exact) mass is 126 g/mol. The van der Waals surface area contributed by atoms with Crippen LogP contribution in [-0.2, 0) is 4.74 Å². The first kappa shape index (κ1) is 5.72. The highest BCUT2D eigenvalue weighted by atomic mass is 16.6. The van der Waals surface area contributed by atoms with Gasteiger partial charge in [0.15, 0.2) is 0 Å². The Morgan fingerprint density at radius 2 is 2.22 bits per heavy atom. The molecule has 2 aliphatic rings. The molecule has 9 heavy (non-hydrogen) atoms. The molecular formula is C8H14O. The van der Waals surface area contributed by atoms with Gasteiger partial charge in [-0.2, -0.15) is 0 Å². The molecule has 1 heterocycles. The highest BCUT2D eigenvalue weighted by Crippen LogP contribution is 2.45. The molecule has 1 aliphatic carbocycles. The predicted octanol–water partition coefficient (Wildman–Crippen LogP) is 1.97. The van der Waals surface area contributed by atoms with E-state index in [0.29, 0.717) is 5.60 Å². The van der Waals surface area contributed by atoms with Crippen molar-refractivity contribution in [3.8, 4) is 0 Å². The second-order valence-electron chi connectivity index (χ2n) is 3.50. The average molecular weight is 126 g/mol. The van der Waals surface area contributed by atoms with Crippen LogP contribution in [0, 0.1) is 5.92 Å². The van der Waals surface area contributed by atoms with E-state index in [0.717, 1.165) is 12.5 Å². The van der Waals surface area contributed by atoms with Crippen molar-refractivity contribution in [3.05, 3.63) is 0 Å². The highest BCUT2D eigenvalue weighted by molar-refractivity contribution is 4.98. The quantitative estimate of drug-likeness (QED) is 0.452. The summed E-state index contributed by atoms with van der Waals surface area (Å²) in [5.74, 6) is 0.839. The molecule has 52 valence electrons. The first-order valence-electron chi connectivity index (χ1n) is 3.97. The minimum atomic E-state index is 0.387. The van der Waals surface area contributed by atoms with Gasteiger partial charge >= 0.3 is 0 Å². The molecule has 0 radical (unpaired) electrons. The third-order valence-corrected chi connectivity index (χ3v) is 2.90. The van der Waals surface area contributed by atoms with Crippen molar-refractivity contribution in [3.63, 3.8) is 0 Å². The summed E-state index contributed by atoms with van der Waals surface area (Å²) in [6.07, 6.45) is 5.53. The van der Waals surface area contributed by atoms with Crippen LogP contribution >= 0.6 is 0 Å². The zero-order chi connectivity index (χ0) is 6.32. The van der Waals surface area contributed by atoms with Crippen molar-refractivity contribution in [1.82, 2.24) is 0 Å². The normalized spacial score (nSPS) is 49.7. The SMILES string of the molecule is C[C@@H]1CCCC[C@@]12CO2. The van der Waals surface area contributed by atoms with E-state index in [1.165, 1.54) is 25.7 Å². The fourth-order valence-corrected chi connectivity index (χ4v) is 1.91. The summed E-state index contributed by atoms with van der Waals surface area (Å²) in [5.41, 5.74) is 0.387. The van der Waals surface area contributed by atoms with E-state index in [-0.39, 0.29) is 0 Å². The molecule has 2 fully saturated rings. The maximum absolute atomic E-state index is 5.45. The van der Waals surface area contributed by atoms with Crippen molar-refractivity contribution < 1.29 is 4.74 Å². The maximum Gasteiger partial charge on any atom is 0.0941 e. The van der Waals surface area contributed by atoms with E-state index >= 15 is 0 Å². The molecule has 2 rings (SSSR count). The van der Waals surface area contributed by atoms with Gasteiger partial charge in [-0.1, -0.05) is 19.8 Å². The van der Waals surface area contributed by atoms with Crippen LogP contribution in [0.5, 0.6) is 0 Å². The fourth-order valence-electron chi connectivity index (χ4n) is 1.91. The van der Waals surface area contributed by atoms with Gasteiger partial charge < -0.3 is 4.74 Å².